The third-order valence-corrected chi connectivity index (χ3v) is 12.2. The van der Waals surface area contributed by atoms with Gasteiger partial charge in [-0.25, -0.2) is 0 Å². The van der Waals surface area contributed by atoms with Gasteiger partial charge in [0.25, 0.3) is 0 Å². The van der Waals surface area contributed by atoms with E-state index in [4.69, 9.17) is 18.9 Å². The summed E-state index contributed by atoms with van der Waals surface area (Å²) in [7, 11) is 11.8. The molecule has 0 saturated carbocycles. The number of hydrogen-bond donors (Lipinski definition) is 1. The SMILES string of the molecule is CC[C@H](C)[C@@H]([C@@H](CC(=O)N1C[C@H](OC)CC1[C@H](OC)[C@@H](C)C(=O)C[C@H](C)C(=NO)c1cccc(OC)c1)OC)N(C)C(=O)[C@@H](CC(=O)[C@H](C(C)C)N(C)C)C(C)C. The molecule has 0 spiro atoms. The molecular formula is C44H74N4O9. The standard InChI is InChI=1S/C44H74N4O9/c1-16-28(6)42(47(11)44(52)34(26(2)3)23-37(50)41(27(4)5)46(9)10)38(56-14)24-39(51)48-25-33(55-13)22-35(48)43(57-15)30(8)36(49)20-29(7)40(45-53)31-18-17-19-32(21-31)54-12/h17-19,21,26-30,33-35,38,41-43,53H,16,20,22-25H2,1-15H3/t28-,29-,30-,33+,34-,35?,38+,41-,42-,43+/m0/s1. The molecule has 1 aromatic carbocycles. The highest BCUT2D eigenvalue weighted by Crippen LogP contribution is 2.33. The van der Waals surface area contributed by atoms with E-state index in [9.17, 15) is 24.4 Å². The van der Waals surface area contributed by atoms with Gasteiger partial charge in [-0.15, -0.1) is 0 Å². The molecule has 1 N–H and O–H groups in total. The van der Waals surface area contributed by atoms with Crippen LogP contribution in [-0.2, 0) is 33.4 Å². The highest BCUT2D eigenvalue weighted by atomic mass is 16.5. The molecule has 13 nitrogen and oxygen atoms in total. The second-order valence-electron chi connectivity index (χ2n) is 17.0. The Morgan fingerprint density at radius 3 is 2.04 bits per heavy atom. The maximum atomic E-state index is 14.5. The van der Waals surface area contributed by atoms with Gasteiger partial charge < -0.3 is 34.0 Å². The molecule has 10 atom stereocenters. The van der Waals surface area contributed by atoms with Crippen LogP contribution in [0.1, 0.15) is 93.1 Å². The van der Waals surface area contributed by atoms with Gasteiger partial charge in [0.15, 0.2) is 5.78 Å². The zero-order valence-electron chi connectivity index (χ0n) is 37.5. The maximum Gasteiger partial charge on any atom is 0.226 e. The van der Waals surface area contributed by atoms with Gasteiger partial charge in [-0.2, -0.15) is 0 Å². The van der Waals surface area contributed by atoms with Crippen LogP contribution in [0.2, 0.25) is 0 Å². The number of likely N-dealkylation sites (N-methyl/N-ethyl adjacent to an activating group) is 2. The van der Waals surface area contributed by atoms with E-state index < -0.39 is 42.0 Å². The Hall–Kier alpha value is -3.39. The number of likely N-dealkylation sites (tertiary alicyclic amines) is 1. The topological polar surface area (TPSA) is 148 Å². The van der Waals surface area contributed by atoms with E-state index >= 15 is 0 Å². The van der Waals surface area contributed by atoms with Crippen molar-refractivity contribution >= 4 is 29.1 Å². The third-order valence-electron chi connectivity index (χ3n) is 12.2. The number of carbonyl (C=O) groups is 4. The molecule has 57 heavy (non-hydrogen) atoms. The van der Waals surface area contributed by atoms with Crippen molar-refractivity contribution in [1.82, 2.24) is 14.7 Å². The van der Waals surface area contributed by atoms with Crippen LogP contribution in [0.5, 0.6) is 5.75 Å². The summed E-state index contributed by atoms with van der Waals surface area (Å²) in [6.45, 7) is 16.0. The molecule has 0 aromatic heterocycles. The van der Waals surface area contributed by atoms with E-state index in [1.54, 1.807) is 69.6 Å². The van der Waals surface area contributed by atoms with Gasteiger partial charge in [0.05, 0.1) is 55.7 Å². The van der Waals surface area contributed by atoms with Gasteiger partial charge in [0, 0.05) is 71.1 Å². The Morgan fingerprint density at radius 2 is 1.54 bits per heavy atom. The Morgan fingerprint density at radius 1 is 0.895 bits per heavy atom. The molecule has 324 valence electrons. The van der Waals surface area contributed by atoms with Gasteiger partial charge in [0.2, 0.25) is 11.8 Å². The lowest BCUT2D eigenvalue weighted by Gasteiger charge is -2.41. The Labute approximate surface area is 342 Å². The van der Waals surface area contributed by atoms with Gasteiger partial charge >= 0.3 is 0 Å². The molecule has 1 aliphatic heterocycles. The number of hydrogen-bond acceptors (Lipinski definition) is 11. The van der Waals surface area contributed by atoms with Crippen LogP contribution in [0.3, 0.4) is 0 Å². The fourth-order valence-corrected chi connectivity index (χ4v) is 8.76. The van der Waals surface area contributed by atoms with Crippen molar-refractivity contribution < 1.29 is 43.3 Å². The van der Waals surface area contributed by atoms with Crippen LogP contribution in [0.25, 0.3) is 0 Å². The summed E-state index contributed by atoms with van der Waals surface area (Å²) < 4.78 is 23.2. The monoisotopic (exact) mass is 803 g/mol. The molecule has 2 rings (SSSR count). The normalized spacial score (nSPS) is 20.5. The predicted molar refractivity (Wildman–Crippen MR) is 223 cm³/mol. The molecular weight excluding hydrogens is 729 g/mol. The summed E-state index contributed by atoms with van der Waals surface area (Å²) in [4.78, 5) is 61.7. The van der Waals surface area contributed by atoms with Crippen molar-refractivity contribution in [3.8, 4) is 5.75 Å². The summed E-state index contributed by atoms with van der Waals surface area (Å²) in [5, 5.41) is 13.5. The smallest absolute Gasteiger partial charge is 0.226 e. The van der Waals surface area contributed by atoms with E-state index in [0.29, 0.717) is 30.0 Å². The first-order valence-corrected chi connectivity index (χ1v) is 20.6. The van der Waals surface area contributed by atoms with Crippen molar-refractivity contribution in [2.75, 3.05) is 56.1 Å². The van der Waals surface area contributed by atoms with Gasteiger partial charge in [-0.1, -0.05) is 79.1 Å². The van der Waals surface area contributed by atoms with Crippen LogP contribution < -0.4 is 4.74 Å². The number of Topliss-reactive ketones (excluding diaryl/α,β-unsaturated/α-hetero) is 2. The highest BCUT2D eigenvalue weighted by molar-refractivity contribution is 6.04. The summed E-state index contributed by atoms with van der Waals surface area (Å²) in [5.74, 6) is -1.35. The molecule has 1 aromatic rings. The summed E-state index contributed by atoms with van der Waals surface area (Å²) in [6, 6.07) is 5.93. The highest BCUT2D eigenvalue weighted by Gasteiger charge is 2.46. The van der Waals surface area contributed by atoms with E-state index in [-0.39, 0.29) is 72.5 Å². The number of ketones is 2. The minimum absolute atomic E-state index is 0.00987. The van der Waals surface area contributed by atoms with Crippen molar-refractivity contribution in [2.45, 2.75) is 124 Å². The van der Waals surface area contributed by atoms with Crippen molar-refractivity contribution in [3.05, 3.63) is 29.8 Å². The first-order valence-electron chi connectivity index (χ1n) is 20.6. The first kappa shape index (κ1) is 49.8. The molecule has 0 bridgehead atoms. The van der Waals surface area contributed by atoms with Crippen LogP contribution in [0.15, 0.2) is 29.4 Å². The zero-order valence-corrected chi connectivity index (χ0v) is 37.5. The fourth-order valence-electron chi connectivity index (χ4n) is 8.76. The summed E-state index contributed by atoms with van der Waals surface area (Å²) >= 11 is 0. The van der Waals surface area contributed by atoms with Crippen LogP contribution in [-0.4, -0.2) is 142 Å². The van der Waals surface area contributed by atoms with E-state index in [0.717, 1.165) is 6.42 Å². The molecule has 1 aliphatic rings. The number of benzene rings is 1. The first-order chi connectivity index (χ1) is 26.8. The average molecular weight is 803 g/mol. The minimum atomic E-state index is -0.647. The van der Waals surface area contributed by atoms with Crippen LogP contribution in [0.4, 0.5) is 0 Å². The number of rotatable bonds is 24. The molecule has 2 amide bonds. The second kappa shape index (κ2) is 23.3. The van der Waals surface area contributed by atoms with Crippen LogP contribution >= 0.6 is 0 Å². The Kier molecular flexibility index (Phi) is 20.3. The van der Waals surface area contributed by atoms with E-state index in [1.165, 1.54) is 0 Å². The maximum absolute atomic E-state index is 14.5. The van der Waals surface area contributed by atoms with Crippen molar-refractivity contribution in [3.63, 3.8) is 0 Å². The van der Waals surface area contributed by atoms with E-state index in [2.05, 4.69) is 12.1 Å². The predicted octanol–water partition coefficient (Wildman–Crippen LogP) is 5.83. The quantitative estimate of drug-likeness (QED) is 0.0770. The minimum Gasteiger partial charge on any atom is -0.497 e. The fraction of sp³-hybridized carbons (Fsp3) is 0.750. The Bertz CT molecular complexity index is 1470. The van der Waals surface area contributed by atoms with Crippen molar-refractivity contribution in [1.29, 1.82) is 0 Å². The largest absolute Gasteiger partial charge is 0.497 e. The molecule has 0 radical (unpaired) electrons. The lowest BCUT2D eigenvalue weighted by Crippen LogP contribution is -2.54. The lowest BCUT2D eigenvalue weighted by molar-refractivity contribution is -0.149. The van der Waals surface area contributed by atoms with Gasteiger partial charge in [-0.05, 0) is 50.4 Å². The lowest BCUT2D eigenvalue weighted by atomic mass is 9.83. The summed E-state index contributed by atoms with van der Waals surface area (Å²) in [6.07, 6.45) is -0.142. The number of oxime groups is 1. The summed E-state index contributed by atoms with van der Waals surface area (Å²) in [5.41, 5.74) is 1.02. The van der Waals surface area contributed by atoms with Gasteiger partial charge in [-0.3, -0.25) is 24.1 Å². The molecule has 13 heteroatoms. The van der Waals surface area contributed by atoms with E-state index in [1.807, 2.05) is 67.5 Å². The molecule has 1 fully saturated rings. The second-order valence-corrected chi connectivity index (χ2v) is 17.0. The van der Waals surface area contributed by atoms with Gasteiger partial charge in [0.1, 0.15) is 11.5 Å². The average Bonchev–Trinajstić information content (AvgIpc) is 3.60. The number of carbonyl (C=O) groups excluding carboxylic acids is 4. The number of amides is 2. The number of ether oxygens (including phenoxy) is 4. The molecule has 1 heterocycles. The number of nitrogens with zero attached hydrogens (tertiary/aromatic N) is 4. The molecule has 0 aliphatic carbocycles. The molecule has 1 saturated heterocycles. The number of methoxy groups -OCH3 is 4. The van der Waals surface area contributed by atoms with Crippen molar-refractivity contribution in [2.24, 2.45) is 40.7 Å². The zero-order chi connectivity index (χ0) is 43.3. The third kappa shape index (κ3) is 12.8. The molecule has 1 unspecified atom stereocenters. The Balaban J connectivity index is 2.36. The van der Waals surface area contributed by atoms with Crippen LogP contribution in [0, 0.1) is 35.5 Å².